The summed E-state index contributed by atoms with van der Waals surface area (Å²) in [6.07, 6.45) is 0. The average Bonchev–Trinajstić information content (AvgIpc) is 3.24. The van der Waals surface area contributed by atoms with Crippen LogP contribution in [-0.2, 0) is 20.9 Å². The van der Waals surface area contributed by atoms with Gasteiger partial charge in [0.15, 0.2) is 10.6 Å². The minimum Gasteiger partial charge on any atom is -0.380 e. The number of benzene rings is 1. The Morgan fingerprint density at radius 3 is 2.87 bits per heavy atom. The second-order valence-corrected chi connectivity index (χ2v) is 8.57. The van der Waals surface area contributed by atoms with Gasteiger partial charge < -0.3 is 19.1 Å². The van der Waals surface area contributed by atoms with Gasteiger partial charge in [0.25, 0.3) is 5.91 Å². The topological polar surface area (TPSA) is 98.7 Å². The summed E-state index contributed by atoms with van der Waals surface area (Å²) in [5.74, 6) is 0.699. The van der Waals surface area contributed by atoms with Gasteiger partial charge in [-0.1, -0.05) is 22.6 Å². The van der Waals surface area contributed by atoms with Crippen molar-refractivity contribution in [2.75, 3.05) is 30.0 Å². The Labute approximate surface area is 182 Å². The lowest BCUT2D eigenvalue weighted by Crippen LogP contribution is -2.20. The lowest BCUT2D eigenvalue weighted by molar-refractivity contribution is -0.115. The molecule has 8 nitrogen and oxygen atoms in total. The molecule has 0 atom stereocenters. The third kappa shape index (κ3) is 6.04. The van der Waals surface area contributed by atoms with Gasteiger partial charge in [-0.25, -0.2) is 0 Å². The number of aryl methyl sites for hydroxylation is 2. The van der Waals surface area contributed by atoms with Gasteiger partial charge in [-0.15, -0.1) is 11.8 Å². The lowest BCUT2D eigenvalue weighted by atomic mass is 10.2. The van der Waals surface area contributed by atoms with Gasteiger partial charge in [0.2, 0.25) is 5.91 Å². The average molecular weight is 449 g/mol. The maximum Gasteiger partial charge on any atom is 0.258 e. The van der Waals surface area contributed by atoms with Crippen molar-refractivity contribution >= 4 is 50.9 Å². The smallest absolute Gasteiger partial charge is 0.258 e. The number of thioether (sulfide) groups is 1. The van der Waals surface area contributed by atoms with Gasteiger partial charge in [-0.3, -0.25) is 9.59 Å². The fourth-order valence-electron chi connectivity index (χ4n) is 2.76. The number of amides is 2. The third-order valence-corrected chi connectivity index (χ3v) is 6.03. The number of nitrogens with zero attached hydrogens (tertiary/aromatic N) is 3. The van der Waals surface area contributed by atoms with Crippen LogP contribution in [0, 0.1) is 13.8 Å². The van der Waals surface area contributed by atoms with Crippen molar-refractivity contribution in [1.82, 2.24) is 9.72 Å². The van der Waals surface area contributed by atoms with Crippen molar-refractivity contribution in [3.05, 3.63) is 40.4 Å². The van der Waals surface area contributed by atoms with E-state index in [4.69, 9.17) is 9.26 Å². The van der Waals surface area contributed by atoms with Gasteiger partial charge in [-0.05, 0) is 38.5 Å². The molecule has 3 rings (SSSR count). The summed E-state index contributed by atoms with van der Waals surface area (Å²) in [4.78, 5) is 29.3. The monoisotopic (exact) mass is 448 g/mol. The van der Waals surface area contributed by atoms with Crippen LogP contribution in [0.3, 0.4) is 0 Å². The van der Waals surface area contributed by atoms with Crippen LogP contribution < -0.4 is 10.1 Å². The zero-order chi connectivity index (χ0) is 21.5. The predicted octanol–water partition coefficient (Wildman–Crippen LogP) is 3.14. The first-order valence-electron chi connectivity index (χ1n) is 9.52. The fraction of sp³-hybridized carbons (Fsp3) is 0.400. The molecule has 2 aromatic heterocycles. The molecule has 0 aliphatic rings. The molecule has 0 aliphatic carbocycles. The van der Waals surface area contributed by atoms with E-state index in [1.165, 1.54) is 23.1 Å². The number of rotatable bonds is 9. The van der Waals surface area contributed by atoms with E-state index in [0.29, 0.717) is 36.1 Å². The summed E-state index contributed by atoms with van der Waals surface area (Å²) < 4.78 is 13.5. The minimum atomic E-state index is -0.279. The fourth-order valence-corrected chi connectivity index (χ4v) is 4.53. The van der Waals surface area contributed by atoms with Gasteiger partial charge in [0.1, 0.15) is 5.76 Å². The molecule has 0 saturated carbocycles. The summed E-state index contributed by atoms with van der Waals surface area (Å²) >= 11 is 2.69. The lowest BCUT2D eigenvalue weighted by Gasteiger charge is -2.05. The predicted molar refractivity (Wildman–Crippen MR) is 119 cm³/mol. The molecule has 160 valence electrons. The Bertz CT molecular complexity index is 1100. The Morgan fingerprint density at radius 2 is 2.13 bits per heavy atom. The van der Waals surface area contributed by atoms with Crippen LogP contribution in [0.4, 0.5) is 5.82 Å². The van der Waals surface area contributed by atoms with Gasteiger partial charge in [0.05, 0.1) is 28.3 Å². The molecule has 2 heterocycles. The molecule has 0 saturated heterocycles. The first kappa shape index (κ1) is 22.3. The van der Waals surface area contributed by atoms with Gasteiger partial charge >= 0.3 is 0 Å². The summed E-state index contributed by atoms with van der Waals surface area (Å²) in [7, 11) is 0. The number of hydrogen-bond acceptors (Lipinski definition) is 7. The molecule has 30 heavy (non-hydrogen) atoms. The number of aromatic nitrogens is 2. The zero-order valence-corrected chi connectivity index (χ0v) is 18.8. The number of thiazole rings is 1. The second-order valence-electron chi connectivity index (χ2n) is 6.57. The molecule has 0 unspecified atom stereocenters. The second kappa shape index (κ2) is 10.6. The first-order chi connectivity index (χ1) is 14.5. The maximum absolute atomic E-state index is 12.4. The molecule has 0 aliphatic heterocycles. The molecule has 10 heteroatoms. The van der Waals surface area contributed by atoms with Crippen molar-refractivity contribution in [2.45, 2.75) is 27.3 Å². The molecule has 0 spiro atoms. The Hall–Kier alpha value is -2.43. The van der Waals surface area contributed by atoms with E-state index in [1.54, 1.807) is 13.0 Å². The molecule has 0 fully saturated rings. The Balaban J connectivity index is 1.65. The first-order valence-corrected chi connectivity index (χ1v) is 11.5. The number of hydrogen-bond donors (Lipinski definition) is 1. The van der Waals surface area contributed by atoms with Crippen LogP contribution in [-0.4, -0.2) is 46.3 Å². The molecule has 1 N–H and O–H groups in total. The van der Waals surface area contributed by atoms with E-state index >= 15 is 0 Å². The molecule has 3 aromatic rings. The van der Waals surface area contributed by atoms with E-state index in [1.807, 2.05) is 30.5 Å². The Morgan fingerprint density at radius 1 is 1.30 bits per heavy atom. The van der Waals surface area contributed by atoms with E-state index < -0.39 is 0 Å². The van der Waals surface area contributed by atoms with Gasteiger partial charge in [0, 0.05) is 19.2 Å². The van der Waals surface area contributed by atoms with Crippen LogP contribution in [0.5, 0.6) is 0 Å². The standard InChI is InChI=1S/C20H24N4O4S2/c1-4-27-8-7-24-15-6-5-13(2)9-16(15)30-20(24)22-19(26)12-29-11-18(25)21-17-10-14(3)28-23-17/h5-6,9-10H,4,7-8,11-12H2,1-3H3,(H,21,23,25). The highest BCUT2D eigenvalue weighted by molar-refractivity contribution is 8.00. The van der Waals surface area contributed by atoms with Crippen molar-refractivity contribution in [3.8, 4) is 0 Å². The molecule has 2 amide bonds. The van der Waals surface area contributed by atoms with Crippen molar-refractivity contribution < 1.29 is 18.8 Å². The van der Waals surface area contributed by atoms with Crippen molar-refractivity contribution in [2.24, 2.45) is 4.99 Å². The van der Waals surface area contributed by atoms with E-state index in [-0.39, 0.29) is 23.3 Å². The number of ether oxygens (including phenoxy) is 1. The minimum absolute atomic E-state index is 0.115. The molecule has 1 aromatic carbocycles. The molecular formula is C20H24N4O4S2. The highest BCUT2D eigenvalue weighted by atomic mass is 32.2. The largest absolute Gasteiger partial charge is 0.380 e. The van der Waals surface area contributed by atoms with E-state index in [9.17, 15) is 9.59 Å². The highest BCUT2D eigenvalue weighted by Gasteiger charge is 2.10. The summed E-state index contributed by atoms with van der Waals surface area (Å²) in [6.45, 7) is 7.54. The molecule has 0 radical (unpaired) electrons. The van der Waals surface area contributed by atoms with Crippen LogP contribution in [0.2, 0.25) is 0 Å². The third-order valence-electron chi connectivity index (χ3n) is 4.08. The van der Waals surface area contributed by atoms with Crippen LogP contribution >= 0.6 is 23.1 Å². The highest BCUT2D eigenvalue weighted by Crippen LogP contribution is 2.19. The van der Waals surface area contributed by atoms with Gasteiger partial charge in [-0.2, -0.15) is 4.99 Å². The zero-order valence-electron chi connectivity index (χ0n) is 17.1. The summed E-state index contributed by atoms with van der Waals surface area (Å²) in [5, 5.41) is 6.33. The van der Waals surface area contributed by atoms with Crippen molar-refractivity contribution in [1.29, 1.82) is 0 Å². The van der Waals surface area contributed by atoms with Crippen LogP contribution in [0.25, 0.3) is 10.2 Å². The van der Waals surface area contributed by atoms with E-state index in [2.05, 4.69) is 21.5 Å². The van der Waals surface area contributed by atoms with Crippen molar-refractivity contribution in [3.63, 3.8) is 0 Å². The summed E-state index contributed by atoms with van der Waals surface area (Å²) in [5.41, 5.74) is 2.19. The molecular weight excluding hydrogens is 424 g/mol. The number of carbonyl (C=O) groups excluding carboxylic acids is 2. The number of anilines is 1. The maximum atomic E-state index is 12.4. The van der Waals surface area contributed by atoms with Crippen LogP contribution in [0.15, 0.2) is 33.8 Å². The quantitative estimate of drug-likeness (QED) is 0.505. The molecule has 0 bridgehead atoms. The SMILES string of the molecule is CCOCCn1c(=NC(=O)CSCC(=O)Nc2cc(C)on2)sc2cc(C)ccc21. The normalized spacial score (nSPS) is 11.9. The van der Waals surface area contributed by atoms with Crippen LogP contribution in [0.1, 0.15) is 18.2 Å². The number of carbonyl (C=O) groups is 2. The van der Waals surface area contributed by atoms with E-state index in [0.717, 1.165) is 15.8 Å². The Kier molecular flexibility index (Phi) is 7.83. The number of fused-ring (bicyclic) bond motifs is 1. The summed E-state index contributed by atoms with van der Waals surface area (Å²) in [6, 6.07) is 7.81. The number of nitrogens with one attached hydrogen (secondary N) is 1.